The van der Waals surface area contributed by atoms with Gasteiger partial charge in [-0.2, -0.15) is 5.10 Å². The fourth-order valence-corrected chi connectivity index (χ4v) is 2.97. The Labute approximate surface area is 146 Å². The third-order valence-electron chi connectivity index (χ3n) is 4.28. The van der Waals surface area contributed by atoms with Crippen molar-refractivity contribution in [1.29, 1.82) is 0 Å². The molecule has 5 heteroatoms. The van der Waals surface area contributed by atoms with Crippen molar-refractivity contribution in [2.45, 2.75) is 19.9 Å². The molecule has 0 aliphatic heterocycles. The van der Waals surface area contributed by atoms with E-state index in [0.29, 0.717) is 10.8 Å². The van der Waals surface area contributed by atoms with Crippen LogP contribution in [0.25, 0.3) is 10.8 Å². The summed E-state index contributed by atoms with van der Waals surface area (Å²) in [4.78, 5) is 25.1. The van der Waals surface area contributed by atoms with Gasteiger partial charge >= 0.3 is 0 Å². The van der Waals surface area contributed by atoms with Gasteiger partial charge in [0.05, 0.1) is 11.4 Å². The summed E-state index contributed by atoms with van der Waals surface area (Å²) in [6.07, 6.45) is 0. The normalized spacial score (nSPS) is 12.3. The van der Waals surface area contributed by atoms with Crippen LogP contribution in [0.1, 0.15) is 35.9 Å². The van der Waals surface area contributed by atoms with E-state index < -0.39 is 0 Å². The second kappa shape index (κ2) is 6.89. The molecule has 0 radical (unpaired) electrons. The lowest BCUT2D eigenvalue weighted by atomic mass is 9.96. The second-order valence-corrected chi connectivity index (χ2v) is 6.43. The molecule has 1 aromatic heterocycles. The van der Waals surface area contributed by atoms with Crippen LogP contribution in [0.4, 0.5) is 0 Å². The summed E-state index contributed by atoms with van der Waals surface area (Å²) in [6.45, 7) is 4.12. The number of benzene rings is 2. The Bertz CT molecular complexity index is 962. The molecule has 2 aromatic carbocycles. The van der Waals surface area contributed by atoms with Crippen LogP contribution in [-0.4, -0.2) is 15.7 Å². The van der Waals surface area contributed by atoms with Crippen molar-refractivity contribution in [2.24, 2.45) is 13.0 Å². The van der Waals surface area contributed by atoms with Crippen LogP contribution in [-0.2, 0) is 7.05 Å². The largest absolute Gasteiger partial charge is 0.344 e. The number of aryl methyl sites for hydroxylation is 1. The number of nitrogens with one attached hydrogen (secondary N) is 1. The van der Waals surface area contributed by atoms with Gasteiger partial charge < -0.3 is 5.32 Å². The number of aromatic nitrogens is 2. The topological polar surface area (TPSA) is 64.0 Å². The van der Waals surface area contributed by atoms with Crippen LogP contribution in [0.5, 0.6) is 0 Å². The van der Waals surface area contributed by atoms with Gasteiger partial charge in [0.25, 0.3) is 11.5 Å². The summed E-state index contributed by atoms with van der Waals surface area (Å²) >= 11 is 0. The van der Waals surface area contributed by atoms with Crippen molar-refractivity contribution in [3.8, 4) is 0 Å². The third kappa shape index (κ3) is 3.31. The first-order valence-corrected chi connectivity index (χ1v) is 8.31. The average molecular weight is 335 g/mol. The number of hydrogen-bond acceptors (Lipinski definition) is 3. The molecule has 0 fully saturated rings. The van der Waals surface area contributed by atoms with Gasteiger partial charge in [0.15, 0.2) is 5.69 Å². The molecule has 128 valence electrons. The van der Waals surface area contributed by atoms with Gasteiger partial charge in [0.2, 0.25) is 0 Å². The van der Waals surface area contributed by atoms with E-state index in [-0.39, 0.29) is 29.1 Å². The molecule has 5 nitrogen and oxygen atoms in total. The lowest BCUT2D eigenvalue weighted by Gasteiger charge is -2.23. The van der Waals surface area contributed by atoms with E-state index >= 15 is 0 Å². The maximum absolute atomic E-state index is 12.9. The molecule has 1 amide bonds. The Hall–Kier alpha value is -2.95. The Kier molecular flexibility index (Phi) is 4.65. The Morgan fingerprint density at radius 2 is 1.60 bits per heavy atom. The highest BCUT2D eigenvalue weighted by Crippen LogP contribution is 2.22. The van der Waals surface area contributed by atoms with Crippen molar-refractivity contribution < 1.29 is 4.79 Å². The van der Waals surface area contributed by atoms with E-state index in [1.807, 2.05) is 30.3 Å². The minimum Gasteiger partial charge on any atom is -0.344 e. The second-order valence-electron chi connectivity index (χ2n) is 6.43. The number of nitrogens with zero attached hydrogens (tertiary/aromatic N) is 2. The Balaban J connectivity index is 2.02. The molecule has 3 rings (SSSR count). The van der Waals surface area contributed by atoms with E-state index in [9.17, 15) is 9.59 Å². The summed E-state index contributed by atoms with van der Waals surface area (Å²) < 4.78 is 1.21. The molecular weight excluding hydrogens is 314 g/mol. The highest BCUT2D eigenvalue weighted by atomic mass is 16.2. The summed E-state index contributed by atoms with van der Waals surface area (Å²) in [5.74, 6) is -0.0699. The Morgan fingerprint density at radius 1 is 1.00 bits per heavy atom. The van der Waals surface area contributed by atoms with Crippen molar-refractivity contribution in [3.05, 3.63) is 76.2 Å². The molecule has 1 atom stereocenters. The van der Waals surface area contributed by atoms with E-state index in [4.69, 9.17) is 0 Å². The lowest BCUT2D eigenvalue weighted by Crippen LogP contribution is -2.34. The molecule has 0 aliphatic rings. The number of rotatable bonds is 4. The van der Waals surface area contributed by atoms with Crippen LogP contribution < -0.4 is 10.9 Å². The zero-order valence-electron chi connectivity index (χ0n) is 14.6. The van der Waals surface area contributed by atoms with Crippen LogP contribution in [0.15, 0.2) is 59.4 Å². The number of carbonyl (C=O) groups is 1. The van der Waals surface area contributed by atoms with Gasteiger partial charge in [-0.05, 0) is 17.5 Å². The smallest absolute Gasteiger partial charge is 0.274 e. The van der Waals surface area contributed by atoms with Crippen molar-refractivity contribution in [1.82, 2.24) is 15.1 Å². The summed E-state index contributed by atoms with van der Waals surface area (Å²) in [6, 6.07) is 16.8. The molecule has 0 aliphatic carbocycles. The molecule has 0 saturated heterocycles. The third-order valence-corrected chi connectivity index (χ3v) is 4.28. The van der Waals surface area contributed by atoms with Gasteiger partial charge in [-0.15, -0.1) is 0 Å². The van der Waals surface area contributed by atoms with Crippen LogP contribution in [0, 0.1) is 5.92 Å². The first kappa shape index (κ1) is 16.9. The van der Waals surface area contributed by atoms with Crippen molar-refractivity contribution in [3.63, 3.8) is 0 Å². The standard InChI is InChI=1S/C20H21N3O2/c1-13(2)17(14-9-5-4-6-10-14)21-19(24)18-15-11-7-8-12-16(15)20(25)23(3)22-18/h4-13,17H,1-3H3,(H,21,24). The van der Waals surface area contributed by atoms with Crippen LogP contribution in [0.3, 0.4) is 0 Å². The van der Waals surface area contributed by atoms with Gasteiger partial charge in [0, 0.05) is 12.4 Å². The van der Waals surface area contributed by atoms with E-state index in [0.717, 1.165) is 5.56 Å². The maximum atomic E-state index is 12.9. The first-order valence-electron chi connectivity index (χ1n) is 8.31. The quantitative estimate of drug-likeness (QED) is 0.797. The molecule has 3 aromatic rings. The SMILES string of the molecule is CC(C)C(NC(=O)c1nn(C)c(=O)c2ccccc12)c1ccccc1. The van der Waals surface area contributed by atoms with Crippen LogP contribution in [0.2, 0.25) is 0 Å². The van der Waals surface area contributed by atoms with E-state index in [1.165, 1.54) is 4.68 Å². The summed E-state index contributed by atoms with van der Waals surface area (Å²) in [7, 11) is 1.56. The van der Waals surface area contributed by atoms with Crippen LogP contribution >= 0.6 is 0 Å². The molecule has 1 N–H and O–H groups in total. The molecule has 1 unspecified atom stereocenters. The summed E-state index contributed by atoms with van der Waals surface area (Å²) in [5.41, 5.74) is 1.09. The van der Waals surface area contributed by atoms with E-state index in [2.05, 4.69) is 24.3 Å². The predicted octanol–water partition coefficient (Wildman–Crippen LogP) is 3.06. The highest BCUT2D eigenvalue weighted by Gasteiger charge is 2.22. The van der Waals surface area contributed by atoms with Crippen molar-refractivity contribution in [2.75, 3.05) is 0 Å². The molecule has 0 spiro atoms. The molecule has 1 heterocycles. The molecular formula is C20H21N3O2. The maximum Gasteiger partial charge on any atom is 0.274 e. The fraction of sp³-hybridized carbons (Fsp3) is 0.250. The van der Waals surface area contributed by atoms with Gasteiger partial charge in [-0.1, -0.05) is 62.4 Å². The zero-order valence-corrected chi connectivity index (χ0v) is 14.6. The number of carbonyl (C=O) groups excluding carboxylic acids is 1. The Morgan fingerprint density at radius 3 is 2.24 bits per heavy atom. The number of fused-ring (bicyclic) bond motifs is 1. The van der Waals surface area contributed by atoms with Gasteiger partial charge in [-0.3, -0.25) is 9.59 Å². The number of hydrogen-bond donors (Lipinski definition) is 1. The summed E-state index contributed by atoms with van der Waals surface area (Å²) in [5, 5.41) is 8.33. The lowest BCUT2D eigenvalue weighted by molar-refractivity contribution is 0.0920. The highest BCUT2D eigenvalue weighted by molar-refractivity contribution is 6.04. The predicted molar refractivity (Wildman–Crippen MR) is 98.5 cm³/mol. The average Bonchev–Trinajstić information content (AvgIpc) is 2.63. The monoisotopic (exact) mass is 335 g/mol. The first-order chi connectivity index (χ1) is 12.0. The number of amides is 1. The molecule has 0 bridgehead atoms. The molecule has 25 heavy (non-hydrogen) atoms. The van der Waals surface area contributed by atoms with E-state index in [1.54, 1.807) is 31.3 Å². The minimum absolute atomic E-state index is 0.133. The van der Waals surface area contributed by atoms with Gasteiger partial charge in [0.1, 0.15) is 0 Å². The molecule has 0 saturated carbocycles. The fourth-order valence-electron chi connectivity index (χ4n) is 2.97. The van der Waals surface area contributed by atoms with Gasteiger partial charge in [-0.25, -0.2) is 4.68 Å². The zero-order chi connectivity index (χ0) is 18.0. The van der Waals surface area contributed by atoms with Crippen molar-refractivity contribution >= 4 is 16.7 Å². The minimum atomic E-state index is -0.283.